The molecule has 0 fully saturated rings. The van der Waals surface area contributed by atoms with Gasteiger partial charge in [0.15, 0.2) is 5.06 Å². The van der Waals surface area contributed by atoms with E-state index in [4.69, 9.17) is 4.74 Å². The molecule has 0 bridgehead atoms. The molecule has 0 amide bonds. The SMILES string of the molecule is COc1ccc(CNc2ccc(F)nc2)s1. The highest BCUT2D eigenvalue weighted by Gasteiger charge is 2.00. The minimum Gasteiger partial charge on any atom is -0.487 e. The summed E-state index contributed by atoms with van der Waals surface area (Å²) in [5.41, 5.74) is 0.800. The molecular weight excluding hydrogens is 227 g/mol. The van der Waals surface area contributed by atoms with Crippen molar-refractivity contribution >= 4 is 17.0 Å². The summed E-state index contributed by atoms with van der Waals surface area (Å²) in [5.74, 6) is -0.469. The standard InChI is InChI=1S/C11H11FN2OS/c1-15-11-5-3-9(16-11)7-13-8-2-4-10(12)14-6-8/h2-6,13H,7H2,1H3. The number of hydrogen-bond donors (Lipinski definition) is 1. The van der Waals surface area contributed by atoms with Crippen molar-refractivity contribution in [1.29, 1.82) is 0 Å². The van der Waals surface area contributed by atoms with Gasteiger partial charge in [0.05, 0.1) is 19.0 Å². The van der Waals surface area contributed by atoms with E-state index in [1.807, 2.05) is 12.1 Å². The van der Waals surface area contributed by atoms with Crippen LogP contribution in [0.25, 0.3) is 0 Å². The second-order valence-corrected chi connectivity index (χ2v) is 4.28. The van der Waals surface area contributed by atoms with Gasteiger partial charge in [-0.05, 0) is 24.3 Å². The average Bonchev–Trinajstić information content (AvgIpc) is 2.76. The molecule has 0 aliphatic heterocycles. The third kappa shape index (κ3) is 2.70. The molecular formula is C11H11FN2OS. The highest BCUT2D eigenvalue weighted by Crippen LogP contribution is 2.24. The number of halogens is 1. The Kier molecular flexibility index (Phi) is 3.36. The van der Waals surface area contributed by atoms with E-state index in [1.54, 1.807) is 24.5 Å². The third-order valence-electron chi connectivity index (χ3n) is 2.03. The van der Waals surface area contributed by atoms with Gasteiger partial charge >= 0.3 is 0 Å². The van der Waals surface area contributed by atoms with E-state index in [0.29, 0.717) is 6.54 Å². The Bertz CT molecular complexity index is 455. The van der Waals surface area contributed by atoms with Crippen LogP contribution in [0.4, 0.5) is 10.1 Å². The van der Waals surface area contributed by atoms with Gasteiger partial charge in [-0.1, -0.05) is 0 Å². The van der Waals surface area contributed by atoms with Crippen LogP contribution in [0.15, 0.2) is 30.5 Å². The first-order valence-corrected chi connectivity index (χ1v) is 5.58. The zero-order valence-electron chi connectivity index (χ0n) is 8.74. The fourth-order valence-corrected chi connectivity index (χ4v) is 1.99. The molecule has 0 saturated heterocycles. The van der Waals surface area contributed by atoms with E-state index < -0.39 is 5.95 Å². The first kappa shape index (κ1) is 10.9. The first-order valence-electron chi connectivity index (χ1n) is 4.76. The number of rotatable bonds is 4. The monoisotopic (exact) mass is 238 g/mol. The lowest BCUT2D eigenvalue weighted by atomic mass is 10.4. The van der Waals surface area contributed by atoms with E-state index in [9.17, 15) is 4.39 Å². The van der Waals surface area contributed by atoms with Crippen LogP contribution in [-0.4, -0.2) is 12.1 Å². The summed E-state index contributed by atoms with van der Waals surface area (Å²) in [7, 11) is 1.65. The summed E-state index contributed by atoms with van der Waals surface area (Å²) in [6, 6.07) is 6.91. The van der Waals surface area contributed by atoms with Crippen molar-refractivity contribution in [3.8, 4) is 5.06 Å². The van der Waals surface area contributed by atoms with Gasteiger partial charge in [0.2, 0.25) is 5.95 Å². The highest BCUT2D eigenvalue weighted by molar-refractivity contribution is 7.13. The molecule has 16 heavy (non-hydrogen) atoms. The molecule has 0 aromatic carbocycles. The number of nitrogens with one attached hydrogen (secondary N) is 1. The second-order valence-electron chi connectivity index (χ2n) is 3.15. The molecule has 0 saturated carbocycles. The van der Waals surface area contributed by atoms with E-state index >= 15 is 0 Å². The van der Waals surface area contributed by atoms with Gasteiger partial charge in [0.25, 0.3) is 0 Å². The van der Waals surface area contributed by atoms with Gasteiger partial charge in [0.1, 0.15) is 0 Å². The Balaban J connectivity index is 1.94. The van der Waals surface area contributed by atoms with E-state index in [-0.39, 0.29) is 0 Å². The van der Waals surface area contributed by atoms with Crippen molar-refractivity contribution in [1.82, 2.24) is 4.98 Å². The van der Waals surface area contributed by atoms with Crippen LogP contribution in [0, 0.1) is 5.95 Å². The molecule has 3 nitrogen and oxygen atoms in total. The molecule has 2 aromatic rings. The van der Waals surface area contributed by atoms with Crippen molar-refractivity contribution in [2.75, 3.05) is 12.4 Å². The van der Waals surface area contributed by atoms with Crippen molar-refractivity contribution in [3.63, 3.8) is 0 Å². The molecule has 0 aliphatic carbocycles. The molecule has 2 rings (SSSR count). The first-order chi connectivity index (χ1) is 7.78. The second kappa shape index (κ2) is 4.94. The van der Waals surface area contributed by atoms with Crippen LogP contribution in [0.2, 0.25) is 0 Å². The van der Waals surface area contributed by atoms with Crippen LogP contribution in [0.5, 0.6) is 5.06 Å². The molecule has 0 aliphatic rings. The smallest absolute Gasteiger partial charge is 0.212 e. The minimum atomic E-state index is -0.469. The normalized spacial score (nSPS) is 10.1. The molecule has 5 heteroatoms. The van der Waals surface area contributed by atoms with Crippen LogP contribution in [0.3, 0.4) is 0 Å². The summed E-state index contributed by atoms with van der Waals surface area (Å²) >= 11 is 1.58. The number of anilines is 1. The van der Waals surface area contributed by atoms with Crippen molar-refractivity contribution < 1.29 is 9.13 Å². The highest BCUT2D eigenvalue weighted by atomic mass is 32.1. The van der Waals surface area contributed by atoms with Crippen molar-refractivity contribution in [2.45, 2.75) is 6.54 Å². The maximum Gasteiger partial charge on any atom is 0.212 e. The fraction of sp³-hybridized carbons (Fsp3) is 0.182. The van der Waals surface area contributed by atoms with Crippen LogP contribution >= 0.6 is 11.3 Å². The van der Waals surface area contributed by atoms with Gasteiger partial charge in [-0.3, -0.25) is 0 Å². The average molecular weight is 238 g/mol. The Hall–Kier alpha value is -1.62. The lowest BCUT2D eigenvalue weighted by molar-refractivity contribution is 0.427. The topological polar surface area (TPSA) is 34.1 Å². The molecule has 0 atom stereocenters. The Morgan fingerprint density at radius 1 is 1.38 bits per heavy atom. The van der Waals surface area contributed by atoms with Gasteiger partial charge in [-0.25, -0.2) is 4.98 Å². The number of methoxy groups -OCH3 is 1. The predicted molar refractivity (Wildman–Crippen MR) is 62.4 cm³/mol. The molecule has 2 heterocycles. The lowest BCUT2D eigenvalue weighted by Crippen LogP contribution is -1.97. The maximum absolute atomic E-state index is 12.5. The number of hydrogen-bond acceptors (Lipinski definition) is 4. The van der Waals surface area contributed by atoms with E-state index in [1.165, 1.54) is 12.3 Å². The van der Waals surface area contributed by atoms with Crippen molar-refractivity contribution in [3.05, 3.63) is 41.3 Å². The fourth-order valence-electron chi connectivity index (χ4n) is 1.23. The van der Waals surface area contributed by atoms with Crippen LogP contribution in [-0.2, 0) is 6.54 Å². The number of aromatic nitrogens is 1. The van der Waals surface area contributed by atoms with Crippen LogP contribution < -0.4 is 10.1 Å². The summed E-state index contributed by atoms with van der Waals surface area (Å²) in [4.78, 5) is 4.72. The largest absolute Gasteiger partial charge is 0.487 e. The van der Waals surface area contributed by atoms with Gasteiger partial charge in [0, 0.05) is 11.4 Å². The van der Waals surface area contributed by atoms with Crippen molar-refractivity contribution in [2.24, 2.45) is 0 Å². The zero-order valence-corrected chi connectivity index (χ0v) is 9.55. The third-order valence-corrected chi connectivity index (χ3v) is 3.08. The molecule has 0 unspecified atom stereocenters. The number of ether oxygens (including phenoxy) is 1. The Morgan fingerprint density at radius 3 is 2.88 bits per heavy atom. The van der Waals surface area contributed by atoms with Gasteiger partial charge < -0.3 is 10.1 Å². The minimum absolute atomic E-state index is 0.469. The number of thiophene rings is 1. The molecule has 0 spiro atoms. The summed E-state index contributed by atoms with van der Waals surface area (Å²) in [6.07, 6.45) is 1.47. The van der Waals surface area contributed by atoms with E-state index in [2.05, 4.69) is 10.3 Å². The summed E-state index contributed by atoms with van der Waals surface area (Å²) in [5, 5.41) is 4.03. The maximum atomic E-state index is 12.5. The predicted octanol–water partition coefficient (Wildman–Crippen LogP) is 2.90. The quantitative estimate of drug-likeness (QED) is 0.832. The number of pyridine rings is 1. The summed E-state index contributed by atoms with van der Waals surface area (Å²) < 4.78 is 17.6. The summed E-state index contributed by atoms with van der Waals surface area (Å²) in [6.45, 7) is 0.682. The molecule has 1 N–H and O–H groups in total. The number of nitrogens with zero attached hydrogens (tertiary/aromatic N) is 1. The van der Waals surface area contributed by atoms with Crippen LogP contribution in [0.1, 0.15) is 4.88 Å². The zero-order chi connectivity index (χ0) is 11.4. The molecule has 84 valence electrons. The Labute approximate surface area is 96.9 Å². The molecule has 2 aromatic heterocycles. The Morgan fingerprint density at radius 2 is 2.25 bits per heavy atom. The van der Waals surface area contributed by atoms with Gasteiger partial charge in [-0.2, -0.15) is 4.39 Å². The molecule has 0 radical (unpaired) electrons. The lowest BCUT2D eigenvalue weighted by Gasteiger charge is -2.03. The van der Waals surface area contributed by atoms with E-state index in [0.717, 1.165) is 15.6 Å². The van der Waals surface area contributed by atoms with Gasteiger partial charge in [-0.15, -0.1) is 11.3 Å².